The summed E-state index contributed by atoms with van der Waals surface area (Å²) in [6.45, 7) is 13.4. The molecule has 1 fully saturated rings. The molecule has 0 unspecified atom stereocenters. The van der Waals surface area contributed by atoms with Crippen LogP contribution < -0.4 is 4.74 Å². The van der Waals surface area contributed by atoms with Crippen LogP contribution in [0.5, 0.6) is 5.75 Å². The molecule has 0 bridgehead atoms. The number of nitrogens with zero attached hydrogens (tertiary/aromatic N) is 5. The molecule has 0 N–H and O–H groups in total. The van der Waals surface area contributed by atoms with E-state index in [4.69, 9.17) is 4.74 Å². The summed E-state index contributed by atoms with van der Waals surface area (Å²) in [4.78, 5) is 24.1. The van der Waals surface area contributed by atoms with Crippen LogP contribution in [0.4, 0.5) is 0 Å². The van der Waals surface area contributed by atoms with Crippen molar-refractivity contribution in [1.29, 1.82) is 0 Å². The Morgan fingerprint density at radius 2 is 1.67 bits per heavy atom. The van der Waals surface area contributed by atoms with Crippen LogP contribution in [-0.4, -0.2) is 49.7 Å². The molecule has 2 aromatic heterocycles. The summed E-state index contributed by atoms with van der Waals surface area (Å²) in [5, 5.41) is 4.64. The number of aromatic nitrogens is 4. The molecule has 1 saturated heterocycles. The molecule has 0 radical (unpaired) electrons. The summed E-state index contributed by atoms with van der Waals surface area (Å²) in [7, 11) is 0. The van der Waals surface area contributed by atoms with E-state index in [2.05, 4.69) is 47.1 Å². The van der Waals surface area contributed by atoms with E-state index in [1.165, 1.54) is 5.56 Å². The van der Waals surface area contributed by atoms with Gasteiger partial charge in [0.05, 0.1) is 12.1 Å². The van der Waals surface area contributed by atoms with Crippen molar-refractivity contribution in [3.8, 4) is 11.7 Å². The number of aryl methyl sites for hydroxylation is 5. The Bertz CT molecular complexity index is 1160. The van der Waals surface area contributed by atoms with Crippen LogP contribution in [0.15, 0.2) is 24.3 Å². The van der Waals surface area contributed by atoms with Gasteiger partial charge in [-0.05, 0) is 64.8 Å². The van der Waals surface area contributed by atoms with Gasteiger partial charge >= 0.3 is 0 Å². The lowest BCUT2D eigenvalue weighted by Gasteiger charge is -2.32. The summed E-state index contributed by atoms with van der Waals surface area (Å²) < 4.78 is 8.01. The Balaban J connectivity index is 1.40. The highest BCUT2D eigenvalue weighted by Crippen LogP contribution is 2.25. The molecule has 3 heterocycles. The third-order valence-electron chi connectivity index (χ3n) is 6.36. The fourth-order valence-corrected chi connectivity index (χ4v) is 4.43. The lowest BCUT2D eigenvalue weighted by Crippen LogP contribution is -2.42. The van der Waals surface area contributed by atoms with Gasteiger partial charge < -0.3 is 9.64 Å². The Kier molecular flexibility index (Phi) is 6.49. The number of benzene rings is 1. The largest absolute Gasteiger partial charge is 0.490 e. The number of carbonyl (C=O) groups is 1. The van der Waals surface area contributed by atoms with Gasteiger partial charge in [0.2, 0.25) is 5.91 Å². The number of likely N-dealkylation sites (tertiary alicyclic amines) is 1. The fraction of sp³-hybridized carbons (Fsp3) is 0.462. The smallest absolute Gasteiger partial charge is 0.251 e. The second-order valence-corrected chi connectivity index (χ2v) is 9.16. The predicted octanol–water partition coefficient (Wildman–Crippen LogP) is 4.13. The predicted molar refractivity (Wildman–Crippen MR) is 128 cm³/mol. The number of rotatable bonds is 5. The van der Waals surface area contributed by atoms with Crippen molar-refractivity contribution < 1.29 is 9.53 Å². The van der Waals surface area contributed by atoms with Crippen LogP contribution in [-0.2, 0) is 11.2 Å². The number of carbonyl (C=O) groups excluding carboxylic acids is 1. The number of hydrogen-bond donors (Lipinski definition) is 0. The maximum atomic E-state index is 13.1. The number of ether oxygens (including phenoxy) is 1. The number of hydrogen-bond acceptors (Lipinski definition) is 5. The van der Waals surface area contributed by atoms with Crippen molar-refractivity contribution in [1.82, 2.24) is 24.6 Å². The zero-order valence-corrected chi connectivity index (χ0v) is 20.5. The highest BCUT2D eigenvalue weighted by Gasteiger charge is 2.26. The third-order valence-corrected chi connectivity index (χ3v) is 6.36. The van der Waals surface area contributed by atoms with E-state index in [0.29, 0.717) is 25.5 Å². The van der Waals surface area contributed by atoms with Gasteiger partial charge in [-0.2, -0.15) is 5.10 Å². The monoisotopic (exact) mass is 447 g/mol. The lowest BCUT2D eigenvalue weighted by atomic mass is 10.0. The summed E-state index contributed by atoms with van der Waals surface area (Å²) in [5.41, 5.74) is 6.85. The second-order valence-electron chi connectivity index (χ2n) is 9.16. The van der Waals surface area contributed by atoms with Crippen molar-refractivity contribution in [2.45, 2.75) is 66.9 Å². The molecule has 0 spiro atoms. The Morgan fingerprint density at radius 3 is 2.33 bits per heavy atom. The van der Waals surface area contributed by atoms with Crippen molar-refractivity contribution >= 4 is 5.91 Å². The molecular weight excluding hydrogens is 414 g/mol. The van der Waals surface area contributed by atoms with E-state index in [0.717, 1.165) is 52.5 Å². The Labute approximate surface area is 195 Å². The molecule has 4 rings (SSSR count). The van der Waals surface area contributed by atoms with Crippen LogP contribution in [0.1, 0.15) is 52.3 Å². The standard InChI is InChI=1S/C26H33N5O2/c1-16-7-8-17(2)24(13-16)33-22-9-11-30(12-10-22)25(32)15-23-20(5)29-31(21(23)6)26-27-18(3)14-19(4)28-26/h7-8,13-14,22H,9-12,15H2,1-6H3. The van der Waals surface area contributed by atoms with Gasteiger partial charge in [0.1, 0.15) is 11.9 Å². The van der Waals surface area contributed by atoms with Gasteiger partial charge in [-0.15, -0.1) is 0 Å². The summed E-state index contributed by atoms with van der Waals surface area (Å²) >= 11 is 0. The minimum atomic E-state index is 0.132. The molecule has 7 nitrogen and oxygen atoms in total. The van der Waals surface area contributed by atoms with Crippen LogP contribution >= 0.6 is 0 Å². The van der Waals surface area contributed by atoms with Gasteiger partial charge in [-0.25, -0.2) is 14.6 Å². The van der Waals surface area contributed by atoms with E-state index in [9.17, 15) is 4.79 Å². The molecule has 1 aliphatic heterocycles. The first kappa shape index (κ1) is 23.0. The zero-order valence-electron chi connectivity index (χ0n) is 20.5. The molecule has 33 heavy (non-hydrogen) atoms. The molecule has 1 aliphatic rings. The molecule has 0 saturated carbocycles. The topological polar surface area (TPSA) is 73.1 Å². The second kappa shape index (κ2) is 9.33. The maximum Gasteiger partial charge on any atom is 0.251 e. The molecular formula is C26H33N5O2. The Morgan fingerprint density at radius 1 is 1.00 bits per heavy atom. The van der Waals surface area contributed by atoms with Crippen molar-refractivity contribution in [3.05, 3.63) is 63.7 Å². The van der Waals surface area contributed by atoms with E-state index in [1.54, 1.807) is 4.68 Å². The Hall–Kier alpha value is -3.22. The molecule has 7 heteroatoms. The summed E-state index contributed by atoms with van der Waals surface area (Å²) in [5.74, 6) is 1.63. The highest BCUT2D eigenvalue weighted by molar-refractivity contribution is 5.79. The minimum absolute atomic E-state index is 0.132. The van der Waals surface area contributed by atoms with Crippen LogP contribution in [0, 0.1) is 41.5 Å². The van der Waals surface area contributed by atoms with Crippen LogP contribution in [0.25, 0.3) is 5.95 Å². The third kappa shape index (κ3) is 5.07. The van der Waals surface area contributed by atoms with Gasteiger partial charge in [-0.1, -0.05) is 12.1 Å². The number of amides is 1. The summed E-state index contributed by atoms with van der Waals surface area (Å²) in [6, 6.07) is 8.22. The van der Waals surface area contributed by atoms with E-state index >= 15 is 0 Å². The molecule has 174 valence electrons. The zero-order chi connectivity index (χ0) is 23.7. The maximum absolute atomic E-state index is 13.1. The molecule has 3 aromatic rings. The van der Waals surface area contributed by atoms with Gasteiger partial charge in [0, 0.05) is 48.6 Å². The first-order valence-electron chi connectivity index (χ1n) is 11.6. The van der Waals surface area contributed by atoms with E-state index < -0.39 is 0 Å². The van der Waals surface area contributed by atoms with E-state index in [1.807, 2.05) is 38.7 Å². The molecule has 1 amide bonds. The molecule has 0 atom stereocenters. The van der Waals surface area contributed by atoms with Gasteiger partial charge in [0.25, 0.3) is 5.95 Å². The minimum Gasteiger partial charge on any atom is -0.490 e. The lowest BCUT2D eigenvalue weighted by molar-refractivity contribution is -0.132. The SMILES string of the molecule is Cc1ccc(C)c(OC2CCN(C(=O)Cc3c(C)nn(-c4nc(C)cc(C)n4)c3C)CC2)c1. The van der Waals surface area contributed by atoms with Crippen molar-refractivity contribution in [2.24, 2.45) is 0 Å². The quantitative estimate of drug-likeness (QED) is 0.588. The van der Waals surface area contributed by atoms with E-state index in [-0.39, 0.29) is 12.0 Å². The molecule has 1 aromatic carbocycles. The first-order valence-corrected chi connectivity index (χ1v) is 11.6. The molecule has 0 aliphatic carbocycles. The van der Waals surface area contributed by atoms with Crippen molar-refractivity contribution in [3.63, 3.8) is 0 Å². The average molecular weight is 448 g/mol. The average Bonchev–Trinajstić information content (AvgIpc) is 3.04. The van der Waals surface area contributed by atoms with Gasteiger partial charge in [0.15, 0.2) is 0 Å². The normalized spacial score (nSPS) is 14.5. The van der Waals surface area contributed by atoms with Crippen LogP contribution in [0.2, 0.25) is 0 Å². The first-order chi connectivity index (χ1) is 15.7. The van der Waals surface area contributed by atoms with Gasteiger partial charge in [-0.3, -0.25) is 4.79 Å². The van der Waals surface area contributed by atoms with Crippen molar-refractivity contribution in [2.75, 3.05) is 13.1 Å². The summed E-state index contributed by atoms with van der Waals surface area (Å²) in [6.07, 6.45) is 2.16. The highest BCUT2D eigenvalue weighted by atomic mass is 16.5. The fourth-order valence-electron chi connectivity index (χ4n) is 4.43. The van der Waals surface area contributed by atoms with Crippen LogP contribution in [0.3, 0.4) is 0 Å². The number of piperidine rings is 1.